The zero-order valence-electron chi connectivity index (χ0n) is 11.4. The fourth-order valence-electron chi connectivity index (χ4n) is 1.88. The van der Waals surface area contributed by atoms with Gasteiger partial charge in [0, 0.05) is 24.8 Å². The zero-order chi connectivity index (χ0) is 15.2. The first-order valence-corrected chi connectivity index (χ1v) is 6.76. The van der Waals surface area contributed by atoms with Gasteiger partial charge in [-0.05, 0) is 23.8 Å². The lowest BCUT2D eigenvalue weighted by molar-refractivity contribution is -0.384. The Bertz CT molecular complexity index is 645. The Morgan fingerprint density at radius 1 is 1.24 bits per heavy atom. The topological polar surface area (TPSA) is 61.6 Å². The number of nitro groups is 1. The number of benzene rings is 2. The number of rotatable bonds is 6. The Morgan fingerprint density at radius 2 is 2.05 bits per heavy atom. The second-order valence-electron chi connectivity index (χ2n) is 4.37. The molecule has 2 aromatic rings. The maximum absolute atomic E-state index is 10.8. The van der Waals surface area contributed by atoms with Crippen LogP contribution in [0.4, 0.5) is 5.69 Å². The fourth-order valence-corrected chi connectivity index (χ4v) is 2.08. The van der Waals surface area contributed by atoms with Gasteiger partial charge in [-0.25, -0.2) is 0 Å². The molecule has 0 aliphatic carbocycles. The van der Waals surface area contributed by atoms with Crippen molar-refractivity contribution in [1.29, 1.82) is 0 Å². The second kappa shape index (κ2) is 7.06. The molecule has 2 rings (SSSR count). The van der Waals surface area contributed by atoms with E-state index in [9.17, 15) is 10.1 Å². The summed E-state index contributed by atoms with van der Waals surface area (Å²) in [7, 11) is 1.62. The number of hydrogen-bond donors (Lipinski definition) is 0. The van der Waals surface area contributed by atoms with Crippen LogP contribution in [-0.4, -0.2) is 12.0 Å². The summed E-state index contributed by atoms with van der Waals surface area (Å²) in [5, 5.41) is 10.8. The summed E-state index contributed by atoms with van der Waals surface area (Å²) >= 11 is 5.83. The first-order valence-electron chi connectivity index (χ1n) is 6.23. The molecule has 0 spiro atoms. The van der Waals surface area contributed by atoms with Crippen LogP contribution in [0.25, 0.3) is 0 Å². The smallest absolute Gasteiger partial charge is 0.270 e. The van der Waals surface area contributed by atoms with Crippen LogP contribution in [-0.2, 0) is 17.2 Å². The number of nitrogens with zero attached hydrogens (tertiary/aromatic N) is 1. The van der Waals surface area contributed by atoms with Crippen molar-refractivity contribution < 1.29 is 14.4 Å². The number of hydrogen-bond acceptors (Lipinski definition) is 4. The third-order valence-electron chi connectivity index (χ3n) is 2.84. The molecule has 110 valence electrons. The molecule has 0 radical (unpaired) electrons. The summed E-state index contributed by atoms with van der Waals surface area (Å²) in [6, 6.07) is 11.8. The van der Waals surface area contributed by atoms with Gasteiger partial charge < -0.3 is 9.47 Å². The highest BCUT2D eigenvalue weighted by Crippen LogP contribution is 2.30. The fraction of sp³-hybridized carbons (Fsp3) is 0.200. The van der Waals surface area contributed by atoms with Crippen molar-refractivity contribution in [1.82, 2.24) is 0 Å². The zero-order valence-corrected chi connectivity index (χ0v) is 12.2. The van der Waals surface area contributed by atoms with Gasteiger partial charge >= 0.3 is 0 Å². The monoisotopic (exact) mass is 307 g/mol. The molecule has 0 aliphatic heterocycles. The van der Waals surface area contributed by atoms with Crippen LogP contribution in [0, 0.1) is 10.1 Å². The van der Waals surface area contributed by atoms with Gasteiger partial charge in [-0.2, -0.15) is 0 Å². The van der Waals surface area contributed by atoms with E-state index >= 15 is 0 Å². The Morgan fingerprint density at radius 3 is 2.71 bits per heavy atom. The predicted molar refractivity (Wildman–Crippen MR) is 79.9 cm³/mol. The predicted octanol–water partition coefficient (Wildman–Crippen LogP) is 4.27. The molecule has 0 heterocycles. The van der Waals surface area contributed by atoms with Gasteiger partial charge in [0.15, 0.2) is 0 Å². The lowest BCUT2D eigenvalue weighted by atomic mass is 10.2. The van der Waals surface area contributed by atoms with Gasteiger partial charge in [-0.3, -0.25) is 10.1 Å². The molecule has 6 heteroatoms. The molecular formula is C15H14ClNO4. The van der Waals surface area contributed by atoms with Crippen LogP contribution in [0.5, 0.6) is 11.5 Å². The van der Waals surface area contributed by atoms with Crippen molar-refractivity contribution in [2.24, 2.45) is 0 Å². The van der Waals surface area contributed by atoms with Crippen molar-refractivity contribution in [3.05, 3.63) is 63.7 Å². The Labute approximate surface area is 127 Å². The van der Waals surface area contributed by atoms with Gasteiger partial charge in [0.25, 0.3) is 5.69 Å². The molecule has 21 heavy (non-hydrogen) atoms. The van der Waals surface area contributed by atoms with Crippen LogP contribution >= 0.6 is 11.6 Å². The van der Waals surface area contributed by atoms with Gasteiger partial charge in [-0.1, -0.05) is 12.1 Å². The third-order valence-corrected chi connectivity index (χ3v) is 3.12. The third kappa shape index (κ3) is 3.93. The van der Waals surface area contributed by atoms with Crippen LogP contribution in [0.1, 0.15) is 11.1 Å². The van der Waals surface area contributed by atoms with Crippen LogP contribution in [0.2, 0.25) is 0 Å². The summed E-state index contributed by atoms with van der Waals surface area (Å²) in [4.78, 5) is 10.3. The molecule has 2 aromatic carbocycles. The highest BCUT2D eigenvalue weighted by atomic mass is 35.5. The quantitative estimate of drug-likeness (QED) is 0.454. The summed E-state index contributed by atoms with van der Waals surface area (Å²) in [6.45, 7) is 0.486. The number of halogens is 1. The SMILES string of the molecule is COCc1cccc(Oc2ccc([N+](=O)[O-])cc2CCl)c1. The molecule has 0 saturated heterocycles. The number of alkyl halides is 1. The second-order valence-corrected chi connectivity index (χ2v) is 4.63. The summed E-state index contributed by atoms with van der Waals surface area (Å²) in [6.07, 6.45) is 0. The molecule has 0 amide bonds. The average molecular weight is 308 g/mol. The van der Waals surface area contributed by atoms with Crippen LogP contribution in [0.15, 0.2) is 42.5 Å². The first kappa shape index (κ1) is 15.3. The van der Waals surface area contributed by atoms with E-state index in [1.165, 1.54) is 12.1 Å². The van der Waals surface area contributed by atoms with Crippen molar-refractivity contribution in [2.75, 3.05) is 7.11 Å². The van der Waals surface area contributed by atoms with E-state index in [4.69, 9.17) is 21.1 Å². The van der Waals surface area contributed by atoms with E-state index in [1.54, 1.807) is 19.2 Å². The van der Waals surface area contributed by atoms with Crippen molar-refractivity contribution in [2.45, 2.75) is 12.5 Å². The number of nitro benzene ring substituents is 1. The largest absolute Gasteiger partial charge is 0.457 e. The van der Waals surface area contributed by atoms with Crippen molar-refractivity contribution in [3.8, 4) is 11.5 Å². The number of non-ortho nitro benzene ring substituents is 1. The average Bonchev–Trinajstić information content (AvgIpc) is 2.48. The molecule has 0 bridgehead atoms. The molecule has 0 N–H and O–H groups in total. The number of ether oxygens (including phenoxy) is 2. The minimum Gasteiger partial charge on any atom is -0.457 e. The van der Waals surface area contributed by atoms with Crippen LogP contribution < -0.4 is 4.74 Å². The van der Waals surface area contributed by atoms with E-state index in [2.05, 4.69) is 0 Å². The Kier molecular flexibility index (Phi) is 5.14. The summed E-state index contributed by atoms with van der Waals surface area (Å²) in [5.41, 5.74) is 1.54. The molecule has 0 aliphatic rings. The molecule has 0 atom stereocenters. The van der Waals surface area contributed by atoms with Gasteiger partial charge in [0.2, 0.25) is 0 Å². The molecule has 0 unspecified atom stereocenters. The molecule has 5 nitrogen and oxygen atoms in total. The first-order chi connectivity index (χ1) is 10.1. The van der Waals surface area contributed by atoms with Gasteiger partial charge in [0.05, 0.1) is 17.4 Å². The summed E-state index contributed by atoms with van der Waals surface area (Å²) < 4.78 is 10.8. The lowest BCUT2D eigenvalue weighted by Gasteiger charge is -2.10. The highest BCUT2D eigenvalue weighted by Gasteiger charge is 2.12. The van der Waals surface area contributed by atoms with E-state index in [1.807, 2.05) is 18.2 Å². The highest BCUT2D eigenvalue weighted by molar-refractivity contribution is 6.17. The standard InChI is InChI=1S/C15H14ClNO4/c1-20-10-11-3-2-4-14(7-11)21-15-6-5-13(17(18)19)8-12(15)9-16/h2-8H,9-10H2,1H3. The Hall–Kier alpha value is -2.11. The lowest BCUT2D eigenvalue weighted by Crippen LogP contribution is -1.94. The van der Waals surface area contributed by atoms with E-state index in [0.29, 0.717) is 23.7 Å². The molecule has 0 saturated carbocycles. The normalized spacial score (nSPS) is 10.4. The molecular weight excluding hydrogens is 294 g/mol. The van der Waals surface area contributed by atoms with E-state index in [0.717, 1.165) is 5.56 Å². The minimum absolute atomic E-state index is 0.00821. The van der Waals surface area contributed by atoms with Gasteiger partial charge in [-0.15, -0.1) is 11.6 Å². The minimum atomic E-state index is -0.459. The molecule has 0 aromatic heterocycles. The number of methoxy groups -OCH3 is 1. The summed E-state index contributed by atoms with van der Waals surface area (Å²) in [5.74, 6) is 1.27. The Balaban J connectivity index is 2.26. The maximum Gasteiger partial charge on any atom is 0.270 e. The van der Waals surface area contributed by atoms with Crippen molar-refractivity contribution in [3.63, 3.8) is 0 Å². The van der Waals surface area contributed by atoms with Crippen LogP contribution in [0.3, 0.4) is 0 Å². The molecule has 0 fully saturated rings. The van der Waals surface area contributed by atoms with Crippen molar-refractivity contribution >= 4 is 17.3 Å². The maximum atomic E-state index is 10.8. The van der Waals surface area contributed by atoms with E-state index in [-0.39, 0.29) is 11.6 Å². The van der Waals surface area contributed by atoms with E-state index < -0.39 is 4.92 Å². The van der Waals surface area contributed by atoms with Gasteiger partial charge in [0.1, 0.15) is 11.5 Å².